The van der Waals surface area contributed by atoms with Crippen molar-refractivity contribution in [1.29, 1.82) is 0 Å². The van der Waals surface area contributed by atoms with Gasteiger partial charge in [-0.05, 0) is 28.8 Å². The van der Waals surface area contributed by atoms with E-state index in [1.165, 1.54) is 11.3 Å². The van der Waals surface area contributed by atoms with Gasteiger partial charge < -0.3 is 20.8 Å². The molecule has 1 heterocycles. The summed E-state index contributed by atoms with van der Waals surface area (Å²) in [4.78, 5) is 21.9. The summed E-state index contributed by atoms with van der Waals surface area (Å²) in [6.45, 7) is 1.62. The summed E-state index contributed by atoms with van der Waals surface area (Å²) in [6, 6.07) is -1.89. The third-order valence-electron chi connectivity index (χ3n) is 2.19. The fourth-order valence-corrected chi connectivity index (χ4v) is 2.00. The van der Waals surface area contributed by atoms with Gasteiger partial charge in [0.1, 0.15) is 0 Å². The number of carboxylic acids is 1. The highest BCUT2D eigenvalue weighted by atomic mass is 32.1. The minimum atomic E-state index is -1.28. The van der Waals surface area contributed by atoms with Crippen LogP contribution in [0.2, 0.25) is 0 Å². The highest BCUT2D eigenvalue weighted by molar-refractivity contribution is 7.08. The van der Waals surface area contributed by atoms with Crippen molar-refractivity contribution >= 4 is 23.3 Å². The number of thiophene rings is 1. The molecule has 0 bridgehead atoms. The summed E-state index contributed by atoms with van der Waals surface area (Å²) in [6.07, 6.45) is 0. The molecule has 1 unspecified atom stereocenters. The average molecular weight is 258 g/mol. The van der Waals surface area contributed by atoms with Crippen LogP contribution in [-0.2, 0) is 11.3 Å². The van der Waals surface area contributed by atoms with Crippen molar-refractivity contribution in [3.63, 3.8) is 0 Å². The first-order chi connectivity index (χ1) is 8.04. The average Bonchev–Trinajstić information content (AvgIpc) is 2.68. The Hall–Kier alpha value is -1.60. The quantitative estimate of drug-likeness (QED) is 0.610. The lowest BCUT2D eigenvalue weighted by molar-refractivity contribution is -0.140. The minimum Gasteiger partial charge on any atom is -0.480 e. The van der Waals surface area contributed by atoms with Crippen LogP contribution in [0.25, 0.3) is 0 Å². The standard InChI is InChI=1S/C10H14N2O4S/c1-6-4-17-5-7(6)2-11-10(16)12-8(3-13)9(14)15/h4-5,8,13H,2-3H2,1H3,(H,14,15)(H2,11,12,16). The van der Waals surface area contributed by atoms with Crippen molar-refractivity contribution in [3.8, 4) is 0 Å². The van der Waals surface area contributed by atoms with E-state index in [9.17, 15) is 9.59 Å². The Bertz CT molecular complexity index is 405. The minimum absolute atomic E-state index is 0.332. The van der Waals surface area contributed by atoms with Gasteiger partial charge in [0.15, 0.2) is 6.04 Å². The van der Waals surface area contributed by atoms with E-state index in [1.807, 2.05) is 17.7 Å². The van der Waals surface area contributed by atoms with Gasteiger partial charge in [0.2, 0.25) is 0 Å². The summed E-state index contributed by atoms with van der Waals surface area (Å²) >= 11 is 1.54. The summed E-state index contributed by atoms with van der Waals surface area (Å²) in [5.74, 6) is -1.27. The molecule has 0 spiro atoms. The fourth-order valence-electron chi connectivity index (χ4n) is 1.14. The van der Waals surface area contributed by atoms with Crippen molar-refractivity contribution < 1.29 is 19.8 Å². The fraction of sp³-hybridized carbons (Fsp3) is 0.400. The van der Waals surface area contributed by atoms with Crippen molar-refractivity contribution in [2.45, 2.75) is 19.5 Å². The largest absolute Gasteiger partial charge is 0.480 e. The number of aryl methyl sites for hydroxylation is 1. The first kappa shape index (κ1) is 13.5. The molecular weight excluding hydrogens is 244 g/mol. The first-order valence-electron chi connectivity index (χ1n) is 4.94. The number of carbonyl (C=O) groups excluding carboxylic acids is 1. The lowest BCUT2D eigenvalue weighted by Gasteiger charge is -2.12. The van der Waals surface area contributed by atoms with Crippen molar-refractivity contribution in [1.82, 2.24) is 10.6 Å². The Balaban J connectivity index is 2.40. The third kappa shape index (κ3) is 4.04. The Morgan fingerprint density at radius 3 is 2.65 bits per heavy atom. The van der Waals surface area contributed by atoms with Gasteiger partial charge in [0.25, 0.3) is 0 Å². The molecule has 7 heteroatoms. The van der Waals surface area contributed by atoms with Gasteiger partial charge in [0, 0.05) is 6.54 Å². The summed E-state index contributed by atoms with van der Waals surface area (Å²) in [5, 5.41) is 25.9. The number of aliphatic hydroxyl groups is 1. The highest BCUT2D eigenvalue weighted by Gasteiger charge is 2.18. The van der Waals surface area contributed by atoms with Crippen LogP contribution in [0.4, 0.5) is 4.79 Å². The maximum atomic E-state index is 11.3. The Morgan fingerprint density at radius 2 is 2.18 bits per heavy atom. The number of urea groups is 1. The molecule has 0 fully saturated rings. The monoisotopic (exact) mass is 258 g/mol. The molecule has 4 N–H and O–H groups in total. The molecule has 0 saturated carbocycles. The van der Waals surface area contributed by atoms with E-state index in [4.69, 9.17) is 10.2 Å². The van der Waals surface area contributed by atoms with Crippen molar-refractivity contribution in [3.05, 3.63) is 21.9 Å². The Labute approximate surface area is 102 Å². The van der Waals surface area contributed by atoms with Crippen molar-refractivity contribution in [2.24, 2.45) is 0 Å². The predicted octanol–water partition coefficient (Wildman–Crippen LogP) is 0.301. The highest BCUT2D eigenvalue weighted by Crippen LogP contribution is 2.12. The van der Waals surface area contributed by atoms with E-state index < -0.39 is 24.6 Å². The number of amides is 2. The van der Waals surface area contributed by atoms with E-state index in [-0.39, 0.29) is 0 Å². The van der Waals surface area contributed by atoms with Crippen molar-refractivity contribution in [2.75, 3.05) is 6.61 Å². The zero-order valence-electron chi connectivity index (χ0n) is 9.27. The molecule has 1 atom stereocenters. The molecule has 0 aromatic carbocycles. The number of hydrogen-bond donors (Lipinski definition) is 4. The lowest BCUT2D eigenvalue weighted by Crippen LogP contribution is -2.47. The van der Waals surface area contributed by atoms with Crippen LogP contribution >= 0.6 is 11.3 Å². The van der Waals surface area contributed by atoms with Crippen LogP contribution in [0, 0.1) is 6.92 Å². The maximum absolute atomic E-state index is 11.3. The van der Waals surface area contributed by atoms with Crippen LogP contribution < -0.4 is 10.6 Å². The summed E-state index contributed by atoms with van der Waals surface area (Å²) in [7, 11) is 0. The summed E-state index contributed by atoms with van der Waals surface area (Å²) < 4.78 is 0. The second-order valence-electron chi connectivity index (χ2n) is 3.48. The van der Waals surface area contributed by atoms with E-state index in [0.29, 0.717) is 6.54 Å². The molecular formula is C10H14N2O4S. The van der Waals surface area contributed by atoms with Crippen LogP contribution in [-0.4, -0.2) is 34.9 Å². The van der Waals surface area contributed by atoms with E-state index >= 15 is 0 Å². The molecule has 1 aromatic heterocycles. The second kappa shape index (κ2) is 6.21. The molecule has 6 nitrogen and oxygen atoms in total. The number of aliphatic hydroxyl groups excluding tert-OH is 1. The SMILES string of the molecule is Cc1cscc1CNC(=O)NC(CO)C(=O)O. The molecule has 0 aliphatic heterocycles. The second-order valence-corrected chi connectivity index (χ2v) is 4.22. The van der Waals surface area contributed by atoms with Gasteiger partial charge in [0.05, 0.1) is 6.61 Å². The summed E-state index contributed by atoms with van der Waals surface area (Å²) in [5.41, 5.74) is 2.06. The molecule has 17 heavy (non-hydrogen) atoms. The number of rotatable bonds is 5. The van der Waals surface area contributed by atoms with Crippen LogP contribution in [0.5, 0.6) is 0 Å². The van der Waals surface area contributed by atoms with E-state index in [0.717, 1.165) is 11.1 Å². The molecule has 2 amide bonds. The topological polar surface area (TPSA) is 98.7 Å². The smallest absolute Gasteiger partial charge is 0.328 e. The normalized spacial score (nSPS) is 11.9. The van der Waals surface area contributed by atoms with Crippen LogP contribution in [0.1, 0.15) is 11.1 Å². The van der Waals surface area contributed by atoms with Gasteiger partial charge in [-0.3, -0.25) is 0 Å². The molecule has 0 aliphatic carbocycles. The van der Waals surface area contributed by atoms with E-state index in [2.05, 4.69) is 10.6 Å². The predicted molar refractivity (Wildman–Crippen MR) is 62.9 cm³/mol. The Morgan fingerprint density at radius 1 is 1.47 bits per heavy atom. The van der Waals surface area contributed by atoms with Crippen LogP contribution in [0.3, 0.4) is 0 Å². The molecule has 94 valence electrons. The Kier molecular flexibility index (Phi) is 4.92. The number of aliphatic carboxylic acids is 1. The number of carbonyl (C=O) groups is 2. The first-order valence-corrected chi connectivity index (χ1v) is 5.88. The third-order valence-corrected chi connectivity index (χ3v) is 3.10. The zero-order valence-corrected chi connectivity index (χ0v) is 10.1. The van der Waals surface area contributed by atoms with Gasteiger partial charge in [-0.25, -0.2) is 9.59 Å². The number of carboxylic acid groups (broad SMARTS) is 1. The van der Waals surface area contributed by atoms with Gasteiger partial charge >= 0.3 is 12.0 Å². The molecule has 1 rings (SSSR count). The van der Waals surface area contributed by atoms with Gasteiger partial charge in [-0.1, -0.05) is 0 Å². The molecule has 0 saturated heterocycles. The molecule has 1 aromatic rings. The zero-order chi connectivity index (χ0) is 12.8. The van der Waals surface area contributed by atoms with E-state index in [1.54, 1.807) is 0 Å². The number of nitrogens with one attached hydrogen (secondary N) is 2. The molecule has 0 radical (unpaired) electrons. The van der Waals surface area contributed by atoms with Gasteiger partial charge in [-0.2, -0.15) is 11.3 Å². The maximum Gasteiger partial charge on any atom is 0.328 e. The molecule has 0 aliphatic rings. The lowest BCUT2D eigenvalue weighted by atomic mass is 10.2. The van der Waals surface area contributed by atoms with Gasteiger partial charge in [-0.15, -0.1) is 0 Å². The number of hydrogen-bond acceptors (Lipinski definition) is 4. The van der Waals surface area contributed by atoms with Crippen LogP contribution in [0.15, 0.2) is 10.8 Å².